The zero-order valence-corrected chi connectivity index (χ0v) is 10.3. The van der Waals surface area contributed by atoms with E-state index in [1.54, 1.807) is 13.0 Å². The lowest BCUT2D eigenvalue weighted by molar-refractivity contribution is -0.129. The van der Waals surface area contributed by atoms with Crippen molar-refractivity contribution in [3.05, 3.63) is 18.1 Å². The molecule has 0 atom stereocenters. The van der Waals surface area contributed by atoms with E-state index in [9.17, 15) is 9.59 Å². The summed E-state index contributed by atoms with van der Waals surface area (Å²) < 4.78 is 0. The molecule has 2 rings (SSSR count). The lowest BCUT2D eigenvalue weighted by Gasteiger charge is -2.31. The second-order valence-electron chi connectivity index (χ2n) is 4.37. The van der Waals surface area contributed by atoms with E-state index in [2.05, 4.69) is 15.3 Å². The Morgan fingerprint density at radius 2 is 2.17 bits per heavy atom. The minimum atomic E-state index is 0.124. The number of rotatable bonds is 3. The first-order valence-corrected chi connectivity index (χ1v) is 5.98. The average Bonchev–Trinajstić information content (AvgIpc) is 2.39. The summed E-state index contributed by atoms with van der Waals surface area (Å²) in [6.07, 6.45) is 3.85. The number of carbonyl (C=O) groups excluding carboxylic acids is 2. The Balaban J connectivity index is 1.91. The molecule has 96 valence electrons. The van der Waals surface area contributed by atoms with Crippen LogP contribution in [0.4, 0.5) is 5.82 Å². The lowest BCUT2D eigenvalue weighted by Crippen LogP contribution is -2.41. The van der Waals surface area contributed by atoms with Crippen molar-refractivity contribution in [2.24, 2.45) is 0 Å². The summed E-state index contributed by atoms with van der Waals surface area (Å²) in [6.45, 7) is 3.12. The average molecular weight is 248 g/mol. The number of nitrogens with one attached hydrogen (secondary N) is 1. The predicted octanol–water partition coefficient (Wildman–Crippen LogP) is 0.712. The highest BCUT2D eigenvalue weighted by Gasteiger charge is 2.20. The SMILES string of the molecule is CC(=O)N1CCC(Nc2cc(C=O)ncn2)CC1. The van der Waals surface area contributed by atoms with Gasteiger partial charge in [-0.25, -0.2) is 9.97 Å². The molecule has 0 saturated carbocycles. The lowest BCUT2D eigenvalue weighted by atomic mass is 10.1. The predicted molar refractivity (Wildman–Crippen MR) is 66.3 cm³/mol. The fourth-order valence-corrected chi connectivity index (χ4v) is 2.06. The molecule has 0 radical (unpaired) electrons. The minimum absolute atomic E-state index is 0.124. The van der Waals surface area contributed by atoms with E-state index in [1.165, 1.54) is 6.33 Å². The normalized spacial score (nSPS) is 16.4. The number of aldehydes is 1. The zero-order chi connectivity index (χ0) is 13.0. The first kappa shape index (κ1) is 12.5. The Hall–Kier alpha value is -1.98. The quantitative estimate of drug-likeness (QED) is 0.797. The van der Waals surface area contributed by atoms with Gasteiger partial charge in [-0.15, -0.1) is 0 Å². The van der Waals surface area contributed by atoms with Crippen LogP contribution in [0.5, 0.6) is 0 Å². The van der Waals surface area contributed by atoms with Crippen LogP contribution in [0, 0.1) is 0 Å². The van der Waals surface area contributed by atoms with Gasteiger partial charge < -0.3 is 10.2 Å². The first-order chi connectivity index (χ1) is 8.69. The summed E-state index contributed by atoms with van der Waals surface area (Å²) >= 11 is 0. The highest BCUT2D eigenvalue weighted by molar-refractivity contribution is 5.73. The van der Waals surface area contributed by atoms with Crippen molar-refractivity contribution in [1.29, 1.82) is 0 Å². The van der Waals surface area contributed by atoms with E-state index in [0.29, 0.717) is 17.8 Å². The topological polar surface area (TPSA) is 75.2 Å². The molecule has 1 aromatic rings. The van der Waals surface area contributed by atoms with Crippen molar-refractivity contribution < 1.29 is 9.59 Å². The molecule has 18 heavy (non-hydrogen) atoms. The van der Waals surface area contributed by atoms with Crippen LogP contribution in [0.1, 0.15) is 30.3 Å². The van der Waals surface area contributed by atoms with Gasteiger partial charge in [-0.2, -0.15) is 0 Å². The van der Waals surface area contributed by atoms with Crippen molar-refractivity contribution in [2.45, 2.75) is 25.8 Å². The number of nitrogens with zero attached hydrogens (tertiary/aromatic N) is 3. The van der Waals surface area contributed by atoms with Crippen LogP contribution in [0.25, 0.3) is 0 Å². The molecule has 1 aliphatic rings. The van der Waals surface area contributed by atoms with Crippen molar-refractivity contribution in [3.8, 4) is 0 Å². The van der Waals surface area contributed by atoms with Crippen molar-refractivity contribution in [2.75, 3.05) is 18.4 Å². The smallest absolute Gasteiger partial charge is 0.219 e. The summed E-state index contributed by atoms with van der Waals surface area (Å²) in [5.74, 6) is 0.784. The van der Waals surface area contributed by atoms with Crippen LogP contribution in [0.2, 0.25) is 0 Å². The van der Waals surface area contributed by atoms with Crippen LogP contribution in [-0.4, -0.2) is 46.2 Å². The summed E-state index contributed by atoms with van der Waals surface area (Å²) in [5.41, 5.74) is 0.369. The summed E-state index contributed by atoms with van der Waals surface area (Å²) in [7, 11) is 0. The fourth-order valence-electron chi connectivity index (χ4n) is 2.06. The molecule has 0 spiro atoms. The van der Waals surface area contributed by atoms with Crippen LogP contribution < -0.4 is 5.32 Å². The number of hydrogen-bond donors (Lipinski definition) is 1. The Morgan fingerprint density at radius 3 is 2.78 bits per heavy atom. The van der Waals surface area contributed by atoms with Crippen LogP contribution in [0.3, 0.4) is 0 Å². The maximum Gasteiger partial charge on any atom is 0.219 e. The number of hydrogen-bond acceptors (Lipinski definition) is 5. The first-order valence-electron chi connectivity index (χ1n) is 5.98. The molecule has 1 aliphatic heterocycles. The largest absolute Gasteiger partial charge is 0.367 e. The standard InChI is InChI=1S/C12H16N4O2/c1-9(18)16-4-2-10(3-5-16)15-12-6-11(7-17)13-8-14-12/h6-8,10H,2-5H2,1H3,(H,13,14,15). The number of carbonyl (C=O) groups is 2. The zero-order valence-electron chi connectivity index (χ0n) is 10.3. The molecule has 0 bridgehead atoms. The molecule has 0 aliphatic carbocycles. The van der Waals surface area contributed by atoms with Crippen molar-refractivity contribution in [3.63, 3.8) is 0 Å². The fraction of sp³-hybridized carbons (Fsp3) is 0.500. The van der Waals surface area contributed by atoms with E-state index < -0.39 is 0 Å². The van der Waals surface area contributed by atoms with Crippen molar-refractivity contribution >= 4 is 18.0 Å². The number of anilines is 1. The third-order valence-electron chi connectivity index (χ3n) is 3.10. The maximum atomic E-state index is 11.2. The van der Waals surface area contributed by atoms with E-state index >= 15 is 0 Å². The molecule has 0 aromatic carbocycles. The van der Waals surface area contributed by atoms with Gasteiger partial charge in [-0.1, -0.05) is 0 Å². The molecule has 1 aromatic heterocycles. The van der Waals surface area contributed by atoms with Gasteiger partial charge in [0.25, 0.3) is 0 Å². The van der Waals surface area contributed by atoms with Gasteiger partial charge >= 0.3 is 0 Å². The highest BCUT2D eigenvalue weighted by Crippen LogP contribution is 2.15. The molecule has 1 amide bonds. The minimum Gasteiger partial charge on any atom is -0.367 e. The van der Waals surface area contributed by atoms with Crippen LogP contribution in [-0.2, 0) is 4.79 Å². The molecule has 2 heterocycles. The molecule has 0 unspecified atom stereocenters. The summed E-state index contributed by atoms with van der Waals surface area (Å²) in [5, 5.41) is 3.27. The van der Waals surface area contributed by atoms with Crippen LogP contribution >= 0.6 is 0 Å². The molecule has 1 saturated heterocycles. The van der Waals surface area contributed by atoms with Gasteiger partial charge in [0.05, 0.1) is 0 Å². The van der Waals surface area contributed by atoms with E-state index in [1.807, 2.05) is 4.90 Å². The Morgan fingerprint density at radius 1 is 1.44 bits per heavy atom. The van der Waals surface area contributed by atoms with E-state index in [4.69, 9.17) is 0 Å². The summed E-state index contributed by atoms with van der Waals surface area (Å²) in [4.78, 5) is 31.5. The van der Waals surface area contributed by atoms with Gasteiger partial charge in [-0.3, -0.25) is 9.59 Å². The molecular formula is C12H16N4O2. The van der Waals surface area contributed by atoms with E-state index in [0.717, 1.165) is 25.9 Å². The van der Waals surface area contributed by atoms with E-state index in [-0.39, 0.29) is 11.9 Å². The van der Waals surface area contributed by atoms with Gasteiger partial charge in [0.2, 0.25) is 5.91 Å². The number of piperidine rings is 1. The Bertz CT molecular complexity index is 441. The Labute approximate surface area is 105 Å². The molecule has 1 fully saturated rings. The third-order valence-corrected chi connectivity index (χ3v) is 3.10. The van der Waals surface area contributed by atoms with Gasteiger partial charge in [0.1, 0.15) is 17.8 Å². The Kier molecular flexibility index (Phi) is 3.86. The van der Waals surface area contributed by atoms with Crippen molar-refractivity contribution in [1.82, 2.24) is 14.9 Å². The van der Waals surface area contributed by atoms with Gasteiger partial charge in [-0.05, 0) is 12.8 Å². The monoisotopic (exact) mass is 248 g/mol. The van der Waals surface area contributed by atoms with Crippen LogP contribution in [0.15, 0.2) is 12.4 Å². The second-order valence-corrected chi connectivity index (χ2v) is 4.37. The summed E-state index contributed by atoms with van der Waals surface area (Å²) in [6, 6.07) is 1.92. The third kappa shape index (κ3) is 3.03. The highest BCUT2D eigenvalue weighted by atomic mass is 16.2. The second kappa shape index (κ2) is 5.57. The molecule has 6 heteroatoms. The molecular weight excluding hydrogens is 232 g/mol. The van der Waals surface area contributed by atoms with Gasteiger partial charge in [0.15, 0.2) is 6.29 Å². The van der Waals surface area contributed by atoms with Gasteiger partial charge in [0, 0.05) is 32.1 Å². The number of amides is 1. The maximum absolute atomic E-state index is 11.2. The molecule has 6 nitrogen and oxygen atoms in total. The molecule has 1 N–H and O–H groups in total. The number of aromatic nitrogens is 2. The number of likely N-dealkylation sites (tertiary alicyclic amines) is 1.